The van der Waals surface area contributed by atoms with Crippen molar-refractivity contribution in [2.45, 2.75) is 6.92 Å². The first-order valence-corrected chi connectivity index (χ1v) is 5.42. The van der Waals surface area contributed by atoms with Crippen molar-refractivity contribution in [3.8, 4) is 6.57 Å². The number of nitrogens with zero attached hydrogens (tertiary/aromatic N) is 2. The Hall–Kier alpha value is -1.61. The number of nitriles is 1. The summed E-state index contributed by atoms with van der Waals surface area (Å²) in [6.45, 7) is 6.01. The maximum Gasteiger partial charge on any atom is 0.230 e. The Balaban J connectivity index is 0.000000606. The molecular weight excluding hydrogens is 272 g/mol. The van der Waals surface area contributed by atoms with E-state index in [0.717, 1.165) is 10.2 Å². The van der Waals surface area contributed by atoms with Gasteiger partial charge in [0.15, 0.2) is 5.82 Å². The Labute approximate surface area is 102 Å². The lowest BCUT2D eigenvalue weighted by Gasteiger charge is -2.05. The van der Waals surface area contributed by atoms with Crippen molar-refractivity contribution in [1.29, 1.82) is 5.26 Å². The highest BCUT2D eigenvalue weighted by atomic mass is 79.9. The van der Waals surface area contributed by atoms with Crippen LogP contribution in [0.3, 0.4) is 0 Å². The molecule has 84 valence electrons. The number of anilines is 2. The van der Waals surface area contributed by atoms with E-state index in [1.807, 2.05) is 13.0 Å². The molecule has 0 aromatic carbocycles. The SMILES string of the molecule is C#N.CC1CNc2cc(Br)cnc2NC1=O. The van der Waals surface area contributed by atoms with Gasteiger partial charge in [-0.15, -0.1) is 0 Å². The number of halogens is 1. The molecule has 1 aromatic heterocycles. The summed E-state index contributed by atoms with van der Waals surface area (Å²) < 4.78 is 0.896. The molecule has 2 N–H and O–H groups in total. The van der Waals surface area contributed by atoms with Crippen molar-refractivity contribution in [2.75, 3.05) is 17.2 Å². The number of pyridine rings is 1. The predicted molar refractivity (Wildman–Crippen MR) is 64.9 cm³/mol. The molecule has 1 aliphatic heterocycles. The van der Waals surface area contributed by atoms with Gasteiger partial charge in [0.05, 0.1) is 11.6 Å². The van der Waals surface area contributed by atoms with Crippen LogP contribution < -0.4 is 10.6 Å². The van der Waals surface area contributed by atoms with E-state index < -0.39 is 0 Å². The van der Waals surface area contributed by atoms with Gasteiger partial charge < -0.3 is 10.6 Å². The lowest BCUT2D eigenvalue weighted by molar-refractivity contribution is -0.118. The van der Waals surface area contributed by atoms with E-state index in [0.29, 0.717) is 12.4 Å². The van der Waals surface area contributed by atoms with Crippen molar-refractivity contribution in [3.63, 3.8) is 0 Å². The summed E-state index contributed by atoms with van der Waals surface area (Å²) in [5.41, 5.74) is 0.858. The minimum Gasteiger partial charge on any atom is -0.381 e. The molecular formula is C10H11BrN4O. The number of rotatable bonds is 0. The molecule has 2 heterocycles. The van der Waals surface area contributed by atoms with Crippen molar-refractivity contribution < 1.29 is 4.79 Å². The van der Waals surface area contributed by atoms with E-state index in [1.54, 1.807) is 6.20 Å². The maximum absolute atomic E-state index is 11.5. The van der Waals surface area contributed by atoms with Crippen LogP contribution >= 0.6 is 15.9 Å². The van der Waals surface area contributed by atoms with Crippen LogP contribution in [0, 0.1) is 17.8 Å². The first-order chi connectivity index (χ1) is 7.66. The van der Waals surface area contributed by atoms with E-state index in [1.165, 1.54) is 0 Å². The molecule has 0 saturated heterocycles. The largest absolute Gasteiger partial charge is 0.381 e. The molecule has 0 fully saturated rings. The lowest BCUT2D eigenvalue weighted by atomic mass is 10.2. The fourth-order valence-electron chi connectivity index (χ4n) is 1.27. The number of hydrogen-bond acceptors (Lipinski definition) is 4. The smallest absolute Gasteiger partial charge is 0.230 e. The minimum atomic E-state index is -0.0389. The van der Waals surface area contributed by atoms with Gasteiger partial charge in [-0.3, -0.25) is 4.79 Å². The Morgan fingerprint density at radius 3 is 3.00 bits per heavy atom. The molecule has 1 aliphatic rings. The summed E-state index contributed by atoms with van der Waals surface area (Å²) in [5, 5.41) is 12.4. The summed E-state index contributed by atoms with van der Waals surface area (Å²) in [6.07, 6.45) is 1.66. The summed E-state index contributed by atoms with van der Waals surface area (Å²) in [6, 6.07) is 1.90. The minimum absolute atomic E-state index is 0.00562. The fraction of sp³-hybridized carbons (Fsp3) is 0.300. The van der Waals surface area contributed by atoms with Gasteiger partial charge >= 0.3 is 0 Å². The van der Waals surface area contributed by atoms with E-state index >= 15 is 0 Å². The molecule has 0 saturated carbocycles. The summed E-state index contributed by atoms with van der Waals surface area (Å²) in [7, 11) is 0. The monoisotopic (exact) mass is 282 g/mol. The zero-order chi connectivity index (χ0) is 12.1. The zero-order valence-electron chi connectivity index (χ0n) is 8.70. The van der Waals surface area contributed by atoms with E-state index in [9.17, 15) is 4.79 Å². The molecule has 5 nitrogen and oxygen atoms in total. The van der Waals surface area contributed by atoms with Gasteiger partial charge in [0.25, 0.3) is 0 Å². The molecule has 2 rings (SSSR count). The number of amides is 1. The van der Waals surface area contributed by atoms with Gasteiger partial charge in [-0.2, -0.15) is 0 Å². The van der Waals surface area contributed by atoms with Crippen LogP contribution in [-0.2, 0) is 4.79 Å². The third-order valence-corrected chi connectivity index (χ3v) is 2.58. The van der Waals surface area contributed by atoms with Gasteiger partial charge in [-0.25, -0.2) is 10.2 Å². The van der Waals surface area contributed by atoms with Crippen LogP contribution in [-0.4, -0.2) is 17.4 Å². The average Bonchev–Trinajstić information content (AvgIpc) is 2.43. The number of carbonyl (C=O) groups excluding carboxylic acids is 1. The molecule has 0 bridgehead atoms. The standard InChI is InChI=1S/C9H10BrN3O.CHN/c1-5-3-11-7-2-6(10)4-12-8(7)13-9(5)14;1-2/h2,4-5,11H,3H2,1H3,(H,12,13,14);1H. The third-order valence-electron chi connectivity index (χ3n) is 2.14. The highest BCUT2D eigenvalue weighted by molar-refractivity contribution is 9.10. The quantitative estimate of drug-likeness (QED) is 0.763. The number of carbonyl (C=O) groups is 1. The second-order valence-electron chi connectivity index (χ2n) is 3.32. The van der Waals surface area contributed by atoms with Crippen molar-refractivity contribution in [2.24, 2.45) is 5.92 Å². The zero-order valence-corrected chi connectivity index (χ0v) is 10.3. The van der Waals surface area contributed by atoms with Gasteiger partial charge in [-0.05, 0) is 22.0 Å². The molecule has 16 heavy (non-hydrogen) atoms. The molecule has 1 unspecified atom stereocenters. The van der Waals surface area contributed by atoms with Crippen LogP contribution in [0.15, 0.2) is 16.7 Å². The van der Waals surface area contributed by atoms with Crippen molar-refractivity contribution in [1.82, 2.24) is 4.98 Å². The van der Waals surface area contributed by atoms with E-state index in [-0.39, 0.29) is 11.8 Å². The van der Waals surface area contributed by atoms with Gasteiger partial charge in [0, 0.05) is 23.8 Å². The summed E-state index contributed by atoms with van der Waals surface area (Å²) in [4.78, 5) is 15.6. The highest BCUT2D eigenvalue weighted by Crippen LogP contribution is 2.25. The molecule has 0 radical (unpaired) electrons. The molecule has 1 atom stereocenters. The summed E-state index contributed by atoms with van der Waals surface area (Å²) >= 11 is 3.33. The van der Waals surface area contributed by atoms with Crippen LogP contribution in [0.4, 0.5) is 11.5 Å². The summed E-state index contributed by atoms with van der Waals surface area (Å²) in [5.74, 6) is 0.566. The van der Waals surface area contributed by atoms with Crippen molar-refractivity contribution >= 4 is 33.3 Å². The van der Waals surface area contributed by atoms with Crippen LogP contribution in [0.2, 0.25) is 0 Å². The average molecular weight is 283 g/mol. The Kier molecular flexibility index (Phi) is 4.26. The normalized spacial score (nSPS) is 18.0. The Morgan fingerprint density at radius 1 is 1.62 bits per heavy atom. The topological polar surface area (TPSA) is 77.8 Å². The van der Waals surface area contributed by atoms with Crippen molar-refractivity contribution in [3.05, 3.63) is 16.7 Å². The molecule has 6 heteroatoms. The van der Waals surface area contributed by atoms with E-state index in [4.69, 9.17) is 5.26 Å². The lowest BCUT2D eigenvalue weighted by Crippen LogP contribution is -2.22. The predicted octanol–water partition coefficient (Wildman–Crippen LogP) is 1.98. The second-order valence-corrected chi connectivity index (χ2v) is 4.24. The molecule has 0 aliphatic carbocycles. The molecule has 1 amide bonds. The van der Waals surface area contributed by atoms with Crippen LogP contribution in [0.25, 0.3) is 0 Å². The molecule has 1 aromatic rings. The van der Waals surface area contributed by atoms with Crippen LogP contribution in [0.5, 0.6) is 0 Å². The molecule has 0 spiro atoms. The second kappa shape index (κ2) is 5.47. The van der Waals surface area contributed by atoms with Crippen LogP contribution in [0.1, 0.15) is 6.92 Å². The van der Waals surface area contributed by atoms with Gasteiger partial charge in [0.1, 0.15) is 0 Å². The van der Waals surface area contributed by atoms with Gasteiger partial charge in [-0.1, -0.05) is 6.92 Å². The first-order valence-electron chi connectivity index (χ1n) is 4.63. The first kappa shape index (κ1) is 12.5. The Morgan fingerprint density at radius 2 is 2.31 bits per heavy atom. The highest BCUT2D eigenvalue weighted by Gasteiger charge is 2.19. The maximum atomic E-state index is 11.5. The van der Waals surface area contributed by atoms with E-state index in [2.05, 4.69) is 38.1 Å². The third kappa shape index (κ3) is 2.70. The number of aromatic nitrogens is 1. The number of hydrogen-bond donors (Lipinski definition) is 2. The number of fused-ring (bicyclic) bond motifs is 1. The fourth-order valence-corrected chi connectivity index (χ4v) is 1.60. The number of nitrogens with one attached hydrogen (secondary N) is 2. The van der Waals surface area contributed by atoms with Gasteiger partial charge in [0.2, 0.25) is 5.91 Å². The Bertz CT molecular complexity index is 419.